The number of fused-ring (bicyclic) bond motifs is 1. The van der Waals surface area contributed by atoms with Gasteiger partial charge in [-0.15, -0.1) is 0 Å². The van der Waals surface area contributed by atoms with Crippen LogP contribution in [0.1, 0.15) is 25.7 Å². The summed E-state index contributed by atoms with van der Waals surface area (Å²) in [4.78, 5) is 4.46. The average Bonchev–Trinajstić information content (AvgIpc) is 2.04. The lowest BCUT2D eigenvalue weighted by Crippen LogP contribution is -2.32. The van der Waals surface area contributed by atoms with Crippen molar-refractivity contribution in [2.24, 2.45) is 16.6 Å². The molecule has 0 spiro atoms. The summed E-state index contributed by atoms with van der Waals surface area (Å²) in [5, 5.41) is 0.813. The van der Waals surface area contributed by atoms with Crippen molar-refractivity contribution in [1.82, 2.24) is 0 Å². The molecule has 0 bridgehead atoms. The van der Waals surface area contributed by atoms with Gasteiger partial charge in [0.25, 0.3) is 0 Å². The van der Waals surface area contributed by atoms with Crippen LogP contribution in [0.2, 0.25) is 0 Å². The first kappa shape index (κ1) is 7.47. The Labute approximate surface area is 71.6 Å². The quantitative estimate of drug-likeness (QED) is 0.600. The largest absolute Gasteiger partial charge is 0.379 e. The summed E-state index contributed by atoms with van der Waals surface area (Å²) in [5.41, 5.74) is 5.65. The molecule has 1 saturated carbocycles. The third-order valence-corrected chi connectivity index (χ3v) is 3.60. The van der Waals surface area contributed by atoms with E-state index in [2.05, 4.69) is 4.99 Å². The smallest absolute Gasteiger partial charge is 0.154 e. The second-order valence-electron chi connectivity index (χ2n) is 3.39. The number of hydrogen-bond donors (Lipinski definition) is 1. The maximum atomic E-state index is 5.65. The Morgan fingerprint density at radius 3 is 3.09 bits per heavy atom. The maximum Gasteiger partial charge on any atom is 0.154 e. The third kappa shape index (κ3) is 1.53. The van der Waals surface area contributed by atoms with Gasteiger partial charge in [0.1, 0.15) is 0 Å². The van der Waals surface area contributed by atoms with Crippen LogP contribution in [0.25, 0.3) is 0 Å². The fraction of sp³-hybridized carbons (Fsp3) is 0.875. The van der Waals surface area contributed by atoms with Crippen molar-refractivity contribution in [1.29, 1.82) is 0 Å². The summed E-state index contributed by atoms with van der Waals surface area (Å²) < 4.78 is 0. The van der Waals surface area contributed by atoms with E-state index in [4.69, 9.17) is 5.73 Å². The molecular formula is C8H14N2S. The molecule has 3 heteroatoms. The van der Waals surface area contributed by atoms with Gasteiger partial charge in [-0.3, -0.25) is 4.99 Å². The third-order valence-electron chi connectivity index (χ3n) is 2.61. The van der Waals surface area contributed by atoms with Crippen LogP contribution in [0.3, 0.4) is 0 Å². The van der Waals surface area contributed by atoms with Gasteiger partial charge in [0.15, 0.2) is 5.17 Å². The van der Waals surface area contributed by atoms with E-state index in [-0.39, 0.29) is 0 Å². The second-order valence-corrected chi connectivity index (χ2v) is 4.43. The van der Waals surface area contributed by atoms with E-state index in [9.17, 15) is 0 Å². The average molecular weight is 170 g/mol. The molecule has 0 saturated heterocycles. The number of aliphatic imine (C=N–C) groups is 1. The Balaban J connectivity index is 2.07. The fourth-order valence-corrected chi connectivity index (χ4v) is 2.93. The Hall–Kier alpha value is -0.180. The first-order valence-corrected chi connectivity index (χ1v) is 5.31. The first-order valence-electron chi connectivity index (χ1n) is 4.32. The van der Waals surface area contributed by atoms with Crippen molar-refractivity contribution in [2.75, 3.05) is 5.75 Å². The second kappa shape index (κ2) is 3.05. The summed E-state index contributed by atoms with van der Waals surface area (Å²) in [5.74, 6) is 2.04. The van der Waals surface area contributed by atoms with Crippen LogP contribution in [-0.2, 0) is 0 Å². The highest BCUT2D eigenvalue weighted by molar-refractivity contribution is 8.13. The Morgan fingerprint density at radius 1 is 1.36 bits per heavy atom. The van der Waals surface area contributed by atoms with Crippen LogP contribution in [-0.4, -0.2) is 17.0 Å². The standard InChI is InChI=1S/C8H14N2S/c9-8-10-7-4-2-1-3-6(7)5-11-8/h6-7H,1-5H2,(H2,9,10)/t6-,7-/m1/s1. The zero-order valence-corrected chi connectivity index (χ0v) is 7.44. The minimum Gasteiger partial charge on any atom is -0.379 e. The lowest BCUT2D eigenvalue weighted by molar-refractivity contribution is 0.336. The number of rotatable bonds is 0. The number of nitrogens with two attached hydrogens (primary N) is 1. The van der Waals surface area contributed by atoms with E-state index in [1.165, 1.54) is 31.4 Å². The van der Waals surface area contributed by atoms with Crippen LogP contribution in [0.15, 0.2) is 4.99 Å². The molecular weight excluding hydrogens is 156 g/mol. The van der Waals surface area contributed by atoms with Gasteiger partial charge in [-0.1, -0.05) is 24.6 Å². The summed E-state index contributed by atoms with van der Waals surface area (Å²) in [7, 11) is 0. The van der Waals surface area contributed by atoms with Crippen molar-refractivity contribution < 1.29 is 0 Å². The predicted molar refractivity (Wildman–Crippen MR) is 49.8 cm³/mol. The molecule has 2 atom stereocenters. The highest BCUT2D eigenvalue weighted by Gasteiger charge is 2.27. The molecule has 11 heavy (non-hydrogen) atoms. The number of hydrogen-bond acceptors (Lipinski definition) is 3. The summed E-state index contributed by atoms with van der Waals surface area (Å²) in [6, 6.07) is 0.574. The topological polar surface area (TPSA) is 38.4 Å². The lowest BCUT2D eigenvalue weighted by Gasteiger charge is -2.31. The molecule has 62 valence electrons. The molecule has 0 aromatic carbocycles. The van der Waals surface area contributed by atoms with E-state index >= 15 is 0 Å². The Morgan fingerprint density at radius 2 is 2.18 bits per heavy atom. The summed E-state index contributed by atoms with van der Waals surface area (Å²) in [6.45, 7) is 0. The molecule has 2 aliphatic rings. The molecule has 1 aliphatic carbocycles. The normalized spacial score (nSPS) is 37.6. The van der Waals surface area contributed by atoms with Gasteiger partial charge in [-0.05, 0) is 18.8 Å². The monoisotopic (exact) mass is 170 g/mol. The van der Waals surface area contributed by atoms with Gasteiger partial charge in [-0.2, -0.15) is 0 Å². The predicted octanol–water partition coefficient (Wildman–Crippen LogP) is 1.61. The molecule has 0 aromatic heterocycles. The van der Waals surface area contributed by atoms with E-state index in [0.717, 1.165) is 11.1 Å². The van der Waals surface area contributed by atoms with Crippen LogP contribution in [0, 0.1) is 5.92 Å². The Bertz CT molecular complexity index is 179. The van der Waals surface area contributed by atoms with Crippen molar-refractivity contribution in [3.05, 3.63) is 0 Å². The zero-order valence-electron chi connectivity index (χ0n) is 6.62. The van der Waals surface area contributed by atoms with Gasteiger partial charge >= 0.3 is 0 Å². The minimum absolute atomic E-state index is 0.574. The van der Waals surface area contributed by atoms with Gasteiger partial charge in [-0.25, -0.2) is 0 Å². The minimum atomic E-state index is 0.574. The first-order chi connectivity index (χ1) is 5.36. The fourth-order valence-electron chi connectivity index (χ4n) is 1.95. The highest BCUT2D eigenvalue weighted by atomic mass is 32.2. The summed E-state index contributed by atoms with van der Waals surface area (Å²) >= 11 is 1.73. The van der Waals surface area contributed by atoms with Crippen LogP contribution in [0.4, 0.5) is 0 Å². The van der Waals surface area contributed by atoms with Crippen LogP contribution >= 0.6 is 11.8 Å². The lowest BCUT2D eigenvalue weighted by atomic mass is 9.86. The molecule has 2 rings (SSSR count). The molecule has 0 aromatic rings. The molecule has 1 aliphatic heterocycles. The molecule has 0 unspecified atom stereocenters. The van der Waals surface area contributed by atoms with E-state index in [1.54, 1.807) is 11.8 Å². The molecule has 0 amide bonds. The molecule has 0 radical (unpaired) electrons. The van der Waals surface area contributed by atoms with E-state index < -0.39 is 0 Å². The maximum absolute atomic E-state index is 5.65. The number of amidine groups is 1. The van der Waals surface area contributed by atoms with Crippen molar-refractivity contribution in [2.45, 2.75) is 31.7 Å². The number of nitrogens with zero attached hydrogens (tertiary/aromatic N) is 1. The van der Waals surface area contributed by atoms with Crippen molar-refractivity contribution >= 4 is 16.9 Å². The van der Waals surface area contributed by atoms with Crippen molar-refractivity contribution in [3.63, 3.8) is 0 Å². The van der Waals surface area contributed by atoms with E-state index in [0.29, 0.717) is 6.04 Å². The van der Waals surface area contributed by atoms with E-state index in [1.807, 2.05) is 0 Å². The summed E-state index contributed by atoms with van der Waals surface area (Å²) in [6.07, 6.45) is 5.39. The molecule has 1 fully saturated rings. The van der Waals surface area contributed by atoms with Gasteiger partial charge in [0.2, 0.25) is 0 Å². The van der Waals surface area contributed by atoms with Gasteiger partial charge < -0.3 is 5.73 Å². The van der Waals surface area contributed by atoms with Crippen LogP contribution in [0.5, 0.6) is 0 Å². The molecule has 1 heterocycles. The van der Waals surface area contributed by atoms with Crippen molar-refractivity contribution in [3.8, 4) is 0 Å². The zero-order chi connectivity index (χ0) is 7.68. The molecule has 2 nitrogen and oxygen atoms in total. The molecule has 2 N–H and O–H groups in total. The SMILES string of the molecule is NC1=N[C@@H]2CCCC[C@@H]2CS1. The van der Waals surface area contributed by atoms with Gasteiger partial charge in [0.05, 0.1) is 6.04 Å². The number of thioether (sulfide) groups is 1. The van der Waals surface area contributed by atoms with Gasteiger partial charge in [0, 0.05) is 5.75 Å². The Kier molecular flexibility index (Phi) is 2.07. The highest BCUT2D eigenvalue weighted by Crippen LogP contribution is 2.32. The van der Waals surface area contributed by atoms with Crippen LogP contribution < -0.4 is 5.73 Å².